The molecule has 2 aromatic heterocycles. The van der Waals surface area contributed by atoms with Crippen molar-refractivity contribution < 1.29 is 18.1 Å². The number of aromatic nitrogens is 3. The predicted octanol–water partition coefficient (Wildman–Crippen LogP) is 6.43. The molecule has 0 atom stereocenters. The van der Waals surface area contributed by atoms with Crippen LogP contribution in [0.3, 0.4) is 0 Å². The molecule has 0 spiro atoms. The molecule has 2 heterocycles. The third-order valence-electron chi connectivity index (χ3n) is 4.30. The van der Waals surface area contributed by atoms with E-state index in [2.05, 4.69) is 10.2 Å². The summed E-state index contributed by atoms with van der Waals surface area (Å²) >= 11 is 8.47. The Morgan fingerprint density at radius 2 is 1.97 bits per heavy atom. The average Bonchev–Trinajstić information content (AvgIpc) is 3.24. The molecule has 0 N–H and O–H groups in total. The largest absolute Gasteiger partial charge is 0.416 e. The van der Waals surface area contributed by atoms with Gasteiger partial charge in [0.1, 0.15) is 0 Å². The Labute approximate surface area is 180 Å². The Hall–Kier alpha value is -2.63. The molecule has 0 amide bonds. The van der Waals surface area contributed by atoms with E-state index in [1.807, 2.05) is 17.5 Å². The van der Waals surface area contributed by atoms with Gasteiger partial charge in [0.2, 0.25) is 0 Å². The van der Waals surface area contributed by atoms with Crippen LogP contribution in [0.1, 0.15) is 5.56 Å². The van der Waals surface area contributed by atoms with E-state index < -0.39 is 22.4 Å². The number of hydrogen-bond donors (Lipinski definition) is 0. The second-order valence-corrected chi connectivity index (χ2v) is 8.55. The van der Waals surface area contributed by atoms with E-state index in [-0.39, 0.29) is 4.90 Å². The summed E-state index contributed by atoms with van der Waals surface area (Å²) in [5, 5.41) is 23.2. The van der Waals surface area contributed by atoms with Crippen molar-refractivity contribution in [2.45, 2.75) is 16.2 Å². The van der Waals surface area contributed by atoms with E-state index >= 15 is 0 Å². The third kappa shape index (κ3) is 3.75. The minimum atomic E-state index is -4.67. The molecular formula is C18H10ClF3N4O2S2. The maximum absolute atomic E-state index is 12.9. The molecule has 30 heavy (non-hydrogen) atoms. The summed E-state index contributed by atoms with van der Waals surface area (Å²) in [6.45, 7) is 0. The second kappa shape index (κ2) is 7.56. The molecule has 0 unspecified atom stereocenters. The highest BCUT2D eigenvalue weighted by atomic mass is 35.5. The number of nitro benzene ring substituents is 1. The zero-order valence-corrected chi connectivity index (χ0v) is 17.4. The fraction of sp³-hybridized carbons (Fsp3) is 0.111. The van der Waals surface area contributed by atoms with Gasteiger partial charge in [-0.25, -0.2) is 0 Å². The molecule has 4 aromatic rings. The second-order valence-electron chi connectivity index (χ2n) is 6.19. The van der Waals surface area contributed by atoms with Crippen molar-refractivity contribution in [1.82, 2.24) is 14.8 Å². The van der Waals surface area contributed by atoms with Gasteiger partial charge in [-0.3, -0.25) is 10.1 Å². The number of fused-ring (bicyclic) bond motifs is 1. The number of thiophene rings is 1. The molecule has 0 aliphatic carbocycles. The van der Waals surface area contributed by atoms with Crippen molar-refractivity contribution in [3.8, 4) is 11.4 Å². The van der Waals surface area contributed by atoms with Crippen LogP contribution in [-0.4, -0.2) is 19.7 Å². The van der Waals surface area contributed by atoms with Gasteiger partial charge in [0.15, 0.2) is 11.0 Å². The van der Waals surface area contributed by atoms with E-state index in [1.165, 1.54) is 11.3 Å². The Balaban J connectivity index is 1.73. The first-order chi connectivity index (χ1) is 14.1. The van der Waals surface area contributed by atoms with Crippen LogP contribution < -0.4 is 0 Å². The van der Waals surface area contributed by atoms with Gasteiger partial charge in [0, 0.05) is 39.2 Å². The number of benzene rings is 2. The summed E-state index contributed by atoms with van der Waals surface area (Å²) in [5.74, 6) is 0.514. The highest BCUT2D eigenvalue weighted by molar-refractivity contribution is 7.99. The summed E-state index contributed by atoms with van der Waals surface area (Å²) in [5.41, 5.74) is -0.938. The first-order valence-electron chi connectivity index (χ1n) is 8.25. The fourth-order valence-corrected chi connectivity index (χ4v) is 4.80. The standard InChI is InChI=1S/C18H10ClF3N4O2S2/c1-25-16(12-8-29-14-5-3-10(19)7-11(12)14)23-24-17(25)30-15-4-2-9(18(20,21)22)6-13(15)26(27)28/h2-8H,1H3. The highest BCUT2D eigenvalue weighted by Crippen LogP contribution is 2.40. The molecular weight excluding hydrogens is 461 g/mol. The van der Waals surface area contributed by atoms with Gasteiger partial charge in [-0.15, -0.1) is 21.5 Å². The van der Waals surface area contributed by atoms with Crippen molar-refractivity contribution >= 4 is 50.5 Å². The van der Waals surface area contributed by atoms with Crippen LogP contribution in [0.15, 0.2) is 51.8 Å². The van der Waals surface area contributed by atoms with E-state index in [0.717, 1.165) is 39.5 Å². The van der Waals surface area contributed by atoms with Crippen LogP contribution in [0.4, 0.5) is 18.9 Å². The molecule has 0 aliphatic rings. The Kier molecular flexibility index (Phi) is 5.20. The minimum Gasteiger partial charge on any atom is -0.305 e. The number of nitrogens with zero attached hydrogens (tertiary/aromatic N) is 4. The molecule has 0 bridgehead atoms. The molecule has 4 rings (SSSR count). The summed E-state index contributed by atoms with van der Waals surface area (Å²) in [4.78, 5) is 10.5. The Morgan fingerprint density at radius 3 is 2.67 bits per heavy atom. The average molecular weight is 471 g/mol. The van der Waals surface area contributed by atoms with Crippen molar-refractivity contribution in [3.63, 3.8) is 0 Å². The van der Waals surface area contributed by atoms with Gasteiger partial charge >= 0.3 is 6.18 Å². The molecule has 0 fully saturated rings. The van der Waals surface area contributed by atoms with Crippen LogP contribution in [0, 0.1) is 10.1 Å². The topological polar surface area (TPSA) is 73.8 Å². The SMILES string of the molecule is Cn1c(Sc2ccc(C(F)(F)F)cc2[N+](=O)[O-])nnc1-c1csc2ccc(Cl)cc12. The first-order valence-corrected chi connectivity index (χ1v) is 10.3. The predicted molar refractivity (Wildman–Crippen MR) is 109 cm³/mol. The quantitative estimate of drug-likeness (QED) is 0.254. The van der Waals surface area contributed by atoms with Gasteiger partial charge in [-0.1, -0.05) is 11.6 Å². The Morgan fingerprint density at radius 1 is 1.20 bits per heavy atom. The molecule has 154 valence electrons. The van der Waals surface area contributed by atoms with Crippen molar-refractivity contribution in [1.29, 1.82) is 0 Å². The zero-order valence-electron chi connectivity index (χ0n) is 15.0. The molecule has 0 radical (unpaired) electrons. The van der Waals surface area contributed by atoms with E-state index in [9.17, 15) is 23.3 Å². The summed E-state index contributed by atoms with van der Waals surface area (Å²) in [7, 11) is 1.68. The van der Waals surface area contributed by atoms with Gasteiger partial charge in [0.25, 0.3) is 5.69 Å². The fourth-order valence-electron chi connectivity index (χ4n) is 2.83. The van der Waals surface area contributed by atoms with Gasteiger partial charge in [-0.2, -0.15) is 13.2 Å². The number of rotatable bonds is 4. The molecule has 2 aromatic carbocycles. The van der Waals surface area contributed by atoms with Gasteiger partial charge in [0.05, 0.1) is 15.4 Å². The van der Waals surface area contributed by atoms with Crippen LogP contribution >= 0.6 is 34.7 Å². The van der Waals surface area contributed by atoms with Crippen molar-refractivity contribution in [3.05, 3.63) is 62.5 Å². The van der Waals surface area contributed by atoms with Crippen LogP contribution in [0.5, 0.6) is 0 Å². The monoisotopic (exact) mass is 470 g/mol. The van der Waals surface area contributed by atoms with Gasteiger partial charge in [-0.05, 0) is 42.1 Å². The number of nitro groups is 1. The lowest BCUT2D eigenvalue weighted by molar-refractivity contribution is -0.388. The third-order valence-corrected chi connectivity index (χ3v) is 6.60. The van der Waals surface area contributed by atoms with E-state index in [0.29, 0.717) is 22.1 Å². The first kappa shape index (κ1) is 20.6. The van der Waals surface area contributed by atoms with Gasteiger partial charge < -0.3 is 4.57 Å². The molecule has 12 heteroatoms. The summed E-state index contributed by atoms with van der Waals surface area (Å²) in [6.07, 6.45) is -4.67. The molecule has 0 aliphatic heterocycles. The van der Waals surface area contributed by atoms with Crippen molar-refractivity contribution in [2.75, 3.05) is 0 Å². The lowest BCUT2D eigenvalue weighted by Gasteiger charge is -2.08. The molecule has 0 saturated heterocycles. The summed E-state index contributed by atoms with van der Waals surface area (Å²) < 4.78 is 41.4. The van der Waals surface area contributed by atoms with Crippen molar-refractivity contribution in [2.24, 2.45) is 7.05 Å². The summed E-state index contributed by atoms with van der Waals surface area (Å²) in [6, 6.07) is 7.88. The maximum atomic E-state index is 12.9. The van der Waals surface area contributed by atoms with Crippen LogP contribution in [-0.2, 0) is 13.2 Å². The van der Waals surface area contributed by atoms with E-state index in [4.69, 9.17) is 11.6 Å². The number of hydrogen-bond acceptors (Lipinski definition) is 6. The maximum Gasteiger partial charge on any atom is 0.416 e. The molecule has 0 saturated carbocycles. The van der Waals surface area contributed by atoms with Crippen LogP contribution in [0.2, 0.25) is 5.02 Å². The zero-order chi connectivity index (χ0) is 21.6. The highest BCUT2D eigenvalue weighted by Gasteiger charge is 2.33. The number of halogens is 4. The minimum absolute atomic E-state index is 0.0354. The Bertz CT molecular complexity index is 1290. The lowest BCUT2D eigenvalue weighted by Crippen LogP contribution is -2.06. The van der Waals surface area contributed by atoms with Crippen LogP contribution in [0.25, 0.3) is 21.5 Å². The van der Waals surface area contributed by atoms with E-state index in [1.54, 1.807) is 17.7 Å². The normalized spacial score (nSPS) is 11.9. The molecule has 6 nitrogen and oxygen atoms in total. The smallest absolute Gasteiger partial charge is 0.305 e. The lowest BCUT2D eigenvalue weighted by atomic mass is 10.1. The number of alkyl halides is 3.